The van der Waals surface area contributed by atoms with E-state index < -0.39 is 5.97 Å². The van der Waals surface area contributed by atoms with Gasteiger partial charge in [0.2, 0.25) is 0 Å². The zero-order valence-electron chi connectivity index (χ0n) is 9.35. The molecule has 1 atom stereocenters. The number of carboxylic acids is 1. The molecular formula is C11H16N2O3. The fraction of sp³-hybridized carbons (Fsp3) is 0.636. The molecule has 1 aliphatic heterocycles. The number of oxazole rings is 1. The van der Waals surface area contributed by atoms with Crippen LogP contribution in [0.5, 0.6) is 0 Å². The van der Waals surface area contributed by atoms with Gasteiger partial charge in [-0.15, -0.1) is 0 Å². The highest BCUT2D eigenvalue weighted by Gasteiger charge is 2.22. The molecule has 1 N–H and O–H groups in total. The van der Waals surface area contributed by atoms with Crippen molar-refractivity contribution >= 4 is 12.0 Å². The molecule has 1 aliphatic rings. The number of aromatic nitrogens is 1. The van der Waals surface area contributed by atoms with Crippen LogP contribution in [0.2, 0.25) is 0 Å². The normalized spacial score (nSPS) is 21.8. The zero-order valence-corrected chi connectivity index (χ0v) is 9.35. The Balaban J connectivity index is 2.17. The molecular weight excluding hydrogens is 208 g/mol. The van der Waals surface area contributed by atoms with Crippen LogP contribution in [0.1, 0.15) is 43.1 Å². The second-order valence-corrected chi connectivity index (χ2v) is 4.21. The van der Waals surface area contributed by atoms with Gasteiger partial charge in [-0.2, -0.15) is 4.98 Å². The van der Waals surface area contributed by atoms with E-state index in [2.05, 4.69) is 16.8 Å². The molecule has 1 aromatic heterocycles. The fourth-order valence-electron chi connectivity index (χ4n) is 2.05. The predicted octanol–water partition coefficient (Wildman–Crippen LogP) is 2.14. The fourth-order valence-corrected chi connectivity index (χ4v) is 2.05. The number of anilines is 1. The third-order valence-corrected chi connectivity index (χ3v) is 3.01. The molecule has 0 aromatic carbocycles. The first kappa shape index (κ1) is 11.0. The van der Waals surface area contributed by atoms with Gasteiger partial charge in [-0.1, -0.05) is 12.8 Å². The summed E-state index contributed by atoms with van der Waals surface area (Å²) in [6.07, 6.45) is 5.84. The molecule has 5 heteroatoms. The minimum absolute atomic E-state index is 0.0218. The van der Waals surface area contributed by atoms with Crippen LogP contribution in [-0.4, -0.2) is 28.6 Å². The van der Waals surface area contributed by atoms with Crippen molar-refractivity contribution in [1.82, 2.24) is 4.98 Å². The summed E-state index contributed by atoms with van der Waals surface area (Å²) in [5.74, 6) is -1.04. The molecule has 0 radical (unpaired) electrons. The zero-order chi connectivity index (χ0) is 11.5. The Bertz CT molecular complexity index is 375. The average molecular weight is 224 g/mol. The Morgan fingerprint density at radius 3 is 3.06 bits per heavy atom. The second kappa shape index (κ2) is 4.55. The molecule has 88 valence electrons. The van der Waals surface area contributed by atoms with Crippen LogP contribution >= 0.6 is 0 Å². The second-order valence-electron chi connectivity index (χ2n) is 4.21. The molecule has 1 fully saturated rings. The summed E-state index contributed by atoms with van der Waals surface area (Å²) in [6.45, 7) is 3.01. The first-order chi connectivity index (χ1) is 7.68. The van der Waals surface area contributed by atoms with Crippen LogP contribution in [0.15, 0.2) is 10.7 Å². The van der Waals surface area contributed by atoms with Crippen LogP contribution < -0.4 is 4.90 Å². The van der Waals surface area contributed by atoms with Gasteiger partial charge in [-0.05, 0) is 19.8 Å². The van der Waals surface area contributed by atoms with Crippen molar-refractivity contribution in [2.75, 3.05) is 11.4 Å². The van der Waals surface area contributed by atoms with Crippen molar-refractivity contribution in [2.24, 2.45) is 0 Å². The maximum absolute atomic E-state index is 10.7. The van der Waals surface area contributed by atoms with Crippen LogP contribution in [0.4, 0.5) is 6.01 Å². The lowest BCUT2D eigenvalue weighted by atomic mass is 10.1. The monoisotopic (exact) mass is 224 g/mol. The van der Waals surface area contributed by atoms with E-state index in [-0.39, 0.29) is 5.69 Å². The van der Waals surface area contributed by atoms with Gasteiger partial charge in [-0.3, -0.25) is 0 Å². The van der Waals surface area contributed by atoms with E-state index in [1.165, 1.54) is 19.1 Å². The smallest absolute Gasteiger partial charge is 0.357 e. The van der Waals surface area contributed by atoms with Crippen molar-refractivity contribution in [1.29, 1.82) is 0 Å². The van der Waals surface area contributed by atoms with E-state index >= 15 is 0 Å². The summed E-state index contributed by atoms with van der Waals surface area (Å²) >= 11 is 0. The first-order valence-electron chi connectivity index (χ1n) is 5.64. The lowest BCUT2D eigenvalue weighted by molar-refractivity contribution is 0.0690. The van der Waals surface area contributed by atoms with Gasteiger partial charge in [0.05, 0.1) is 0 Å². The Kier molecular flexibility index (Phi) is 3.12. The standard InChI is InChI=1S/C11H16N2O3/c1-8-5-3-2-4-6-13(8)11-12-9(7-16-11)10(14)15/h7-8H,2-6H2,1H3,(H,14,15). The first-order valence-corrected chi connectivity index (χ1v) is 5.64. The SMILES string of the molecule is CC1CCCCCN1c1nc(C(=O)O)co1. The maximum atomic E-state index is 10.7. The van der Waals surface area contributed by atoms with Crippen molar-refractivity contribution in [2.45, 2.75) is 38.6 Å². The topological polar surface area (TPSA) is 66.6 Å². The largest absolute Gasteiger partial charge is 0.476 e. The minimum Gasteiger partial charge on any atom is -0.476 e. The van der Waals surface area contributed by atoms with Gasteiger partial charge in [0.25, 0.3) is 6.01 Å². The van der Waals surface area contributed by atoms with Crippen LogP contribution in [-0.2, 0) is 0 Å². The molecule has 1 aromatic rings. The van der Waals surface area contributed by atoms with E-state index in [0.717, 1.165) is 19.4 Å². The number of hydrogen-bond donors (Lipinski definition) is 1. The summed E-state index contributed by atoms with van der Waals surface area (Å²) < 4.78 is 5.23. The van der Waals surface area contributed by atoms with Crippen LogP contribution in [0.25, 0.3) is 0 Å². The van der Waals surface area contributed by atoms with Gasteiger partial charge < -0.3 is 14.4 Å². The van der Waals surface area contributed by atoms with E-state index in [1.54, 1.807) is 0 Å². The molecule has 16 heavy (non-hydrogen) atoms. The third kappa shape index (κ3) is 2.18. The van der Waals surface area contributed by atoms with E-state index in [4.69, 9.17) is 9.52 Å². The van der Waals surface area contributed by atoms with Crippen molar-refractivity contribution < 1.29 is 14.3 Å². The van der Waals surface area contributed by atoms with Crippen molar-refractivity contribution in [3.05, 3.63) is 12.0 Å². The van der Waals surface area contributed by atoms with Crippen molar-refractivity contribution in [3.8, 4) is 0 Å². The molecule has 0 bridgehead atoms. The third-order valence-electron chi connectivity index (χ3n) is 3.01. The number of hydrogen-bond acceptors (Lipinski definition) is 4. The molecule has 0 aliphatic carbocycles. The Morgan fingerprint density at radius 2 is 2.38 bits per heavy atom. The lowest BCUT2D eigenvalue weighted by Gasteiger charge is -2.24. The summed E-state index contributed by atoms with van der Waals surface area (Å²) in [4.78, 5) is 16.7. The Labute approximate surface area is 94.1 Å². The van der Waals surface area contributed by atoms with E-state index in [0.29, 0.717) is 12.1 Å². The number of nitrogens with zero attached hydrogens (tertiary/aromatic N) is 2. The van der Waals surface area contributed by atoms with Gasteiger partial charge in [0.15, 0.2) is 5.69 Å². The number of rotatable bonds is 2. The molecule has 2 heterocycles. The highest BCUT2D eigenvalue weighted by atomic mass is 16.4. The predicted molar refractivity (Wildman–Crippen MR) is 58.7 cm³/mol. The lowest BCUT2D eigenvalue weighted by Crippen LogP contribution is -2.32. The molecule has 0 amide bonds. The summed E-state index contributed by atoms with van der Waals surface area (Å²) in [7, 11) is 0. The number of carboxylic acid groups (broad SMARTS) is 1. The van der Waals surface area contributed by atoms with Crippen LogP contribution in [0, 0.1) is 0 Å². The summed E-state index contributed by atoms with van der Waals surface area (Å²) in [5.41, 5.74) is -0.0218. The van der Waals surface area contributed by atoms with Crippen molar-refractivity contribution in [3.63, 3.8) is 0 Å². The van der Waals surface area contributed by atoms with Gasteiger partial charge >= 0.3 is 5.97 Å². The Hall–Kier alpha value is -1.52. The van der Waals surface area contributed by atoms with Crippen LogP contribution in [0.3, 0.4) is 0 Å². The van der Waals surface area contributed by atoms with Gasteiger partial charge in [0, 0.05) is 12.6 Å². The number of carbonyl (C=O) groups is 1. The van der Waals surface area contributed by atoms with E-state index in [1.807, 2.05) is 0 Å². The quantitative estimate of drug-likeness (QED) is 0.833. The van der Waals surface area contributed by atoms with E-state index in [9.17, 15) is 4.79 Å². The molecule has 2 rings (SSSR count). The highest BCUT2D eigenvalue weighted by molar-refractivity contribution is 5.85. The van der Waals surface area contributed by atoms with Gasteiger partial charge in [0.1, 0.15) is 6.26 Å². The minimum atomic E-state index is -1.04. The molecule has 0 saturated carbocycles. The Morgan fingerprint density at radius 1 is 1.56 bits per heavy atom. The summed E-state index contributed by atoms with van der Waals surface area (Å²) in [5, 5.41) is 8.78. The molecule has 0 spiro atoms. The highest BCUT2D eigenvalue weighted by Crippen LogP contribution is 2.23. The maximum Gasteiger partial charge on any atom is 0.357 e. The summed E-state index contributed by atoms with van der Waals surface area (Å²) in [6, 6.07) is 0.801. The van der Waals surface area contributed by atoms with Gasteiger partial charge in [-0.25, -0.2) is 4.79 Å². The number of aromatic carboxylic acids is 1. The molecule has 1 saturated heterocycles. The average Bonchev–Trinajstić information content (AvgIpc) is 2.63. The molecule has 5 nitrogen and oxygen atoms in total. The molecule has 1 unspecified atom stereocenters.